The van der Waals surface area contributed by atoms with E-state index in [1.807, 2.05) is 0 Å². The van der Waals surface area contributed by atoms with E-state index < -0.39 is 0 Å². The number of likely N-dealkylation sites (N-methyl/N-ethyl adjacent to an activating group) is 1. The van der Waals surface area contributed by atoms with Crippen LogP contribution in [-0.2, 0) is 9.47 Å². The Labute approximate surface area is 91.9 Å². The molecule has 2 fully saturated rings. The van der Waals surface area contributed by atoms with E-state index in [1.54, 1.807) is 0 Å². The zero-order valence-corrected chi connectivity index (χ0v) is 9.74. The summed E-state index contributed by atoms with van der Waals surface area (Å²) in [5, 5.41) is 3.54. The van der Waals surface area contributed by atoms with Crippen LogP contribution in [0.3, 0.4) is 0 Å². The van der Waals surface area contributed by atoms with Crippen molar-refractivity contribution in [3.05, 3.63) is 0 Å². The van der Waals surface area contributed by atoms with Crippen LogP contribution in [-0.4, -0.2) is 63.0 Å². The Hall–Kier alpha value is -0.160. The Morgan fingerprint density at radius 3 is 2.87 bits per heavy atom. The summed E-state index contributed by atoms with van der Waals surface area (Å²) in [6, 6.07) is 0.515. The summed E-state index contributed by atoms with van der Waals surface area (Å²) in [7, 11) is 2.15. The van der Waals surface area contributed by atoms with Gasteiger partial charge in [-0.3, -0.25) is 0 Å². The highest BCUT2D eigenvalue weighted by atomic mass is 16.5. The molecule has 0 aromatic carbocycles. The number of nitrogens with one attached hydrogen (secondary N) is 1. The predicted octanol–water partition coefficient (Wildman–Crippen LogP) is 0.0840. The van der Waals surface area contributed by atoms with Crippen molar-refractivity contribution >= 4 is 0 Å². The highest BCUT2D eigenvalue weighted by Gasteiger charge is 2.25. The quantitative estimate of drug-likeness (QED) is 0.721. The molecule has 0 radical (unpaired) electrons. The second-order valence-corrected chi connectivity index (χ2v) is 4.63. The van der Waals surface area contributed by atoms with E-state index in [0.717, 1.165) is 39.3 Å². The van der Waals surface area contributed by atoms with Crippen molar-refractivity contribution in [2.75, 3.05) is 39.9 Å². The molecule has 4 nitrogen and oxygen atoms in total. The maximum absolute atomic E-state index is 5.70. The number of rotatable bonds is 3. The van der Waals surface area contributed by atoms with Gasteiger partial charge in [0.15, 0.2) is 0 Å². The van der Waals surface area contributed by atoms with Crippen LogP contribution in [0.15, 0.2) is 0 Å². The maximum atomic E-state index is 5.70. The lowest BCUT2D eigenvalue weighted by atomic mass is 10.1. The summed E-state index contributed by atoms with van der Waals surface area (Å²) in [5.41, 5.74) is 0. The van der Waals surface area contributed by atoms with Gasteiger partial charge in [-0.2, -0.15) is 0 Å². The summed E-state index contributed by atoms with van der Waals surface area (Å²) in [6.07, 6.45) is 1.83. The fraction of sp³-hybridized carbons (Fsp3) is 1.00. The minimum absolute atomic E-state index is 0.344. The highest BCUT2D eigenvalue weighted by molar-refractivity contribution is 4.81. The molecule has 0 unspecified atom stereocenters. The summed E-state index contributed by atoms with van der Waals surface area (Å²) in [4.78, 5) is 2.32. The molecule has 0 aliphatic carbocycles. The second-order valence-electron chi connectivity index (χ2n) is 4.63. The Morgan fingerprint density at radius 2 is 2.20 bits per heavy atom. The number of nitrogens with zero attached hydrogens (tertiary/aromatic N) is 1. The van der Waals surface area contributed by atoms with E-state index in [-0.39, 0.29) is 0 Å². The average molecular weight is 214 g/mol. The van der Waals surface area contributed by atoms with Crippen LogP contribution >= 0.6 is 0 Å². The summed E-state index contributed by atoms with van der Waals surface area (Å²) < 4.78 is 11.2. The van der Waals surface area contributed by atoms with E-state index in [1.165, 1.54) is 0 Å². The number of hydrogen-bond acceptors (Lipinski definition) is 4. The van der Waals surface area contributed by atoms with Crippen LogP contribution in [0, 0.1) is 0 Å². The highest BCUT2D eigenvalue weighted by Crippen LogP contribution is 2.13. The van der Waals surface area contributed by atoms with Crippen molar-refractivity contribution in [2.45, 2.75) is 31.6 Å². The molecule has 0 amide bonds. The number of ether oxygens (including phenoxy) is 2. The van der Waals surface area contributed by atoms with Crippen LogP contribution in [0.5, 0.6) is 0 Å². The fourth-order valence-corrected chi connectivity index (χ4v) is 2.27. The maximum Gasteiger partial charge on any atom is 0.0826 e. The van der Waals surface area contributed by atoms with Crippen LogP contribution < -0.4 is 5.32 Å². The SMILES string of the molecule is C[C@@H]1OCC[C@H]1NC[C@H]1CN(C)CCO1. The van der Waals surface area contributed by atoms with Gasteiger partial charge in [-0.05, 0) is 20.4 Å². The molecule has 88 valence electrons. The van der Waals surface area contributed by atoms with Gasteiger partial charge in [-0.25, -0.2) is 0 Å². The van der Waals surface area contributed by atoms with Crippen molar-refractivity contribution < 1.29 is 9.47 Å². The summed E-state index contributed by atoms with van der Waals surface area (Å²) in [6.45, 7) is 6.93. The third kappa shape index (κ3) is 3.14. The van der Waals surface area contributed by atoms with Gasteiger partial charge in [0.2, 0.25) is 0 Å². The molecule has 3 atom stereocenters. The van der Waals surface area contributed by atoms with Crippen LogP contribution in [0.1, 0.15) is 13.3 Å². The van der Waals surface area contributed by atoms with Crippen LogP contribution in [0.4, 0.5) is 0 Å². The minimum Gasteiger partial charge on any atom is -0.377 e. The van der Waals surface area contributed by atoms with Gasteiger partial charge in [0.1, 0.15) is 0 Å². The van der Waals surface area contributed by atoms with Gasteiger partial charge < -0.3 is 19.7 Å². The Balaban J connectivity index is 1.68. The molecule has 0 aromatic heterocycles. The van der Waals surface area contributed by atoms with E-state index in [0.29, 0.717) is 18.2 Å². The molecule has 0 spiro atoms. The van der Waals surface area contributed by atoms with Gasteiger partial charge in [0, 0.05) is 32.3 Å². The molecule has 15 heavy (non-hydrogen) atoms. The first-order chi connectivity index (χ1) is 7.25. The van der Waals surface area contributed by atoms with Gasteiger partial charge in [0.05, 0.1) is 18.8 Å². The molecule has 0 saturated carbocycles. The van der Waals surface area contributed by atoms with Gasteiger partial charge >= 0.3 is 0 Å². The molecular weight excluding hydrogens is 192 g/mol. The van der Waals surface area contributed by atoms with Crippen LogP contribution in [0.2, 0.25) is 0 Å². The van der Waals surface area contributed by atoms with Crippen molar-refractivity contribution in [1.29, 1.82) is 0 Å². The van der Waals surface area contributed by atoms with E-state index in [2.05, 4.69) is 24.2 Å². The zero-order chi connectivity index (χ0) is 10.7. The smallest absolute Gasteiger partial charge is 0.0826 e. The fourth-order valence-electron chi connectivity index (χ4n) is 2.27. The first-order valence-electron chi connectivity index (χ1n) is 5.91. The molecule has 0 bridgehead atoms. The Bertz CT molecular complexity index is 201. The first kappa shape index (κ1) is 11.3. The number of hydrogen-bond donors (Lipinski definition) is 1. The second kappa shape index (κ2) is 5.25. The lowest BCUT2D eigenvalue weighted by molar-refractivity contribution is -0.0202. The molecular formula is C11H22N2O2. The van der Waals surface area contributed by atoms with Crippen molar-refractivity contribution in [1.82, 2.24) is 10.2 Å². The molecule has 2 rings (SSSR count). The Morgan fingerprint density at radius 1 is 1.33 bits per heavy atom. The normalized spacial score (nSPS) is 38.4. The molecule has 1 N–H and O–H groups in total. The van der Waals surface area contributed by atoms with Crippen LogP contribution in [0.25, 0.3) is 0 Å². The molecule has 2 heterocycles. The van der Waals surface area contributed by atoms with Gasteiger partial charge in [-0.1, -0.05) is 0 Å². The lowest BCUT2D eigenvalue weighted by Gasteiger charge is -2.31. The largest absolute Gasteiger partial charge is 0.377 e. The molecule has 0 aromatic rings. The molecule has 2 aliphatic rings. The molecule has 2 saturated heterocycles. The van der Waals surface area contributed by atoms with Crippen molar-refractivity contribution in [3.8, 4) is 0 Å². The summed E-state index contributed by atoms with van der Waals surface area (Å²) in [5.74, 6) is 0. The summed E-state index contributed by atoms with van der Waals surface area (Å²) >= 11 is 0. The molecule has 4 heteroatoms. The van der Waals surface area contributed by atoms with Gasteiger partial charge in [-0.15, -0.1) is 0 Å². The van der Waals surface area contributed by atoms with E-state index in [4.69, 9.17) is 9.47 Å². The van der Waals surface area contributed by atoms with E-state index in [9.17, 15) is 0 Å². The predicted molar refractivity (Wildman–Crippen MR) is 59.1 cm³/mol. The number of morpholine rings is 1. The Kier molecular flexibility index (Phi) is 3.97. The minimum atomic E-state index is 0.344. The van der Waals surface area contributed by atoms with Crippen molar-refractivity contribution in [3.63, 3.8) is 0 Å². The standard InChI is InChI=1S/C11H22N2O2/c1-9-11(3-5-14-9)12-7-10-8-13(2)4-6-15-10/h9-12H,3-8H2,1-2H3/t9-,10-,11+/m0/s1. The van der Waals surface area contributed by atoms with E-state index >= 15 is 0 Å². The first-order valence-corrected chi connectivity index (χ1v) is 5.91. The third-order valence-electron chi connectivity index (χ3n) is 3.33. The lowest BCUT2D eigenvalue weighted by Crippen LogP contribution is -2.47. The topological polar surface area (TPSA) is 33.7 Å². The van der Waals surface area contributed by atoms with Gasteiger partial charge in [0.25, 0.3) is 0 Å². The monoisotopic (exact) mass is 214 g/mol. The zero-order valence-electron chi connectivity index (χ0n) is 9.74. The average Bonchev–Trinajstić information content (AvgIpc) is 2.61. The third-order valence-corrected chi connectivity index (χ3v) is 3.33. The van der Waals surface area contributed by atoms with Crippen molar-refractivity contribution in [2.24, 2.45) is 0 Å². The molecule has 2 aliphatic heterocycles.